The summed E-state index contributed by atoms with van der Waals surface area (Å²) in [6.07, 6.45) is 9.30. The van der Waals surface area contributed by atoms with E-state index in [1.165, 1.54) is 5.56 Å². The van der Waals surface area contributed by atoms with E-state index in [0.717, 1.165) is 70.0 Å². The van der Waals surface area contributed by atoms with Gasteiger partial charge in [0.15, 0.2) is 0 Å². The maximum atomic E-state index is 10.5. The summed E-state index contributed by atoms with van der Waals surface area (Å²) in [5.74, 6) is 0.354. The molecule has 1 aromatic rings. The first-order valence-corrected chi connectivity index (χ1v) is 11.8. The molecule has 0 amide bonds. The summed E-state index contributed by atoms with van der Waals surface area (Å²) in [4.78, 5) is 10.5. The largest absolute Gasteiger partial charge is 0.481 e. The summed E-state index contributed by atoms with van der Waals surface area (Å²) in [5, 5.41) is 29.8. The van der Waals surface area contributed by atoms with E-state index in [1.807, 2.05) is 17.8 Å². The van der Waals surface area contributed by atoms with Crippen LogP contribution >= 0.6 is 11.8 Å². The fourth-order valence-corrected chi connectivity index (χ4v) is 5.61. The normalized spacial score (nSPS) is 23.0. The Balaban J connectivity index is 1.59. The summed E-state index contributed by atoms with van der Waals surface area (Å²) < 4.78 is 0. The number of benzene rings is 1. The Kier molecular flexibility index (Phi) is 11.0. The second-order valence-electron chi connectivity index (χ2n) is 8.06. The summed E-state index contributed by atoms with van der Waals surface area (Å²) >= 11 is 1.83. The number of aliphatic hydroxyl groups is 2. The average molecular weight is 409 g/mol. The van der Waals surface area contributed by atoms with Crippen LogP contribution in [0.25, 0.3) is 0 Å². The molecule has 0 aromatic heterocycles. The van der Waals surface area contributed by atoms with Crippen LogP contribution in [0.1, 0.15) is 69.8 Å². The molecule has 1 aromatic carbocycles. The van der Waals surface area contributed by atoms with Crippen molar-refractivity contribution in [3.63, 3.8) is 0 Å². The van der Waals surface area contributed by atoms with Crippen molar-refractivity contribution in [2.24, 2.45) is 5.92 Å². The van der Waals surface area contributed by atoms with Crippen molar-refractivity contribution in [3.05, 3.63) is 35.9 Å². The Morgan fingerprint density at radius 3 is 2.57 bits per heavy atom. The van der Waals surface area contributed by atoms with Gasteiger partial charge in [0.1, 0.15) is 0 Å². The molecule has 0 saturated heterocycles. The number of thioether (sulfide) groups is 1. The Labute approximate surface area is 173 Å². The van der Waals surface area contributed by atoms with E-state index in [1.54, 1.807) is 0 Å². The lowest BCUT2D eigenvalue weighted by molar-refractivity contribution is -0.137. The van der Waals surface area contributed by atoms with Crippen molar-refractivity contribution in [1.82, 2.24) is 0 Å². The Bertz CT molecular complexity index is 551. The summed E-state index contributed by atoms with van der Waals surface area (Å²) in [6, 6.07) is 10.4. The van der Waals surface area contributed by atoms with Gasteiger partial charge in [0, 0.05) is 17.4 Å². The minimum Gasteiger partial charge on any atom is -0.481 e. The van der Waals surface area contributed by atoms with Gasteiger partial charge in [-0.1, -0.05) is 49.6 Å². The number of carbonyl (C=O) groups is 1. The number of aliphatic carboxylic acids is 1. The Morgan fingerprint density at radius 1 is 1.07 bits per heavy atom. The molecule has 5 heteroatoms. The van der Waals surface area contributed by atoms with E-state index >= 15 is 0 Å². The first-order valence-electron chi connectivity index (χ1n) is 10.8. The van der Waals surface area contributed by atoms with Crippen LogP contribution in [0.3, 0.4) is 0 Å². The van der Waals surface area contributed by atoms with Crippen LogP contribution in [0.15, 0.2) is 30.3 Å². The molecule has 1 aliphatic rings. The fourth-order valence-electron chi connectivity index (χ4n) is 4.11. The molecule has 0 heterocycles. The molecule has 0 bridgehead atoms. The molecule has 4 atom stereocenters. The minimum absolute atomic E-state index is 0.216. The topological polar surface area (TPSA) is 77.8 Å². The third-order valence-electron chi connectivity index (χ3n) is 5.75. The van der Waals surface area contributed by atoms with Gasteiger partial charge in [0.2, 0.25) is 0 Å². The molecule has 1 aliphatic carbocycles. The third-order valence-corrected chi connectivity index (χ3v) is 7.34. The van der Waals surface area contributed by atoms with Crippen LogP contribution in [0.2, 0.25) is 0 Å². The molecule has 2 rings (SSSR count). The van der Waals surface area contributed by atoms with Gasteiger partial charge in [-0.05, 0) is 56.4 Å². The van der Waals surface area contributed by atoms with Gasteiger partial charge in [0.25, 0.3) is 0 Å². The number of aryl methyl sites for hydroxylation is 1. The third kappa shape index (κ3) is 8.97. The number of hydrogen-bond acceptors (Lipinski definition) is 4. The Morgan fingerprint density at radius 2 is 1.82 bits per heavy atom. The van der Waals surface area contributed by atoms with Gasteiger partial charge in [-0.3, -0.25) is 4.79 Å². The van der Waals surface area contributed by atoms with Crippen LogP contribution < -0.4 is 0 Å². The number of aliphatic hydroxyl groups excluding tert-OH is 2. The second kappa shape index (κ2) is 13.2. The predicted molar refractivity (Wildman–Crippen MR) is 116 cm³/mol. The summed E-state index contributed by atoms with van der Waals surface area (Å²) in [5.41, 5.74) is 1.32. The maximum absolute atomic E-state index is 10.5. The van der Waals surface area contributed by atoms with Crippen LogP contribution in [0, 0.1) is 5.92 Å². The number of rotatable bonds is 14. The zero-order chi connectivity index (χ0) is 20.2. The molecule has 0 radical (unpaired) electrons. The maximum Gasteiger partial charge on any atom is 0.303 e. The van der Waals surface area contributed by atoms with E-state index in [-0.39, 0.29) is 18.6 Å². The molecule has 1 saturated carbocycles. The van der Waals surface area contributed by atoms with Gasteiger partial charge in [-0.15, -0.1) is 0 Å². The van der Waals surface area contributed by atoms with Gasteiger partial charge in [-0.25, -0.2) is 0 Å². The molecule has 0 spiro atoms. The number of carboxylic acid groups (broad SMARTS) is 1. The molecular weight excluding hydrogens is 372 g/mol. The summed E-state index contributed by atoms with van der Waals surface area (Å²) in [6.45, 7) is 0. The smallest absolute Gasteiger partial charge is 0.303 e. The zero-order valence-corrected chi connectivity index (χ0v) is 17.7. The van der Waals surface area contributed by atoms with E-state index in [4.69, 9.17) is 5.11 Å². The van der Waals surface area contributed by atoms with Crippen molar-refractivity contribution in [3.8, 4) is 0 Å². The Hall–Kier alpha value is -1.04. The van der Waals surface area contributed by atoms with Crippen LogP contribution in [0.5, 0.6) is 0 Å². The van der Waals surface area contributed by atoms with E-state index in [9.17, 15) is 15.0 Å². The number of hydrogen-bond donors (Lipinski definition) is 3. The lowest BCUT2D eigenvalue weighted by Crippen LogP contribution is -2.22. The monoisotopic (exact) mass is 408 g/mol. The van der Waals surface area contributed by atoms with Crippen LogP contribution in [-0.4, -0.2) is 44.5 Å². The van der Waals surface area contributed by atoms with Crippen LogP contribution in [-0.2, 0) is 11.2 Å². The van der Waals surface area contributed by atoms with E-state index in [2.05, 4.69) is 24.3 Å². The molecule has 4 nitrogen and oxygen atoms in total. The fraction of sp³-hybridized carbons (Fsp3) is 0.696. The average Bonchev–Trinajstić information content (AvgIpc) is 3.03. The number of unbranched alkanes of at least 4 members (excludes halogenated alkanes) is 3. The quantitative estimate of drug-likeness (QED) is 0.390. The van der Waals surface area contributed by atoms with Gasteiger partial charge in [0.05, 0.1) is 12.2 Å². The molecule has 158 valence electrons. The van der Waals surface area contributed by atoms with E-state index < -0.39 is 5.97 Å². The zero-order valence-electron chi connectivity index (χ0n) is 16.8. The van der Waals surface area contributed by atoms with Gasteiger partial charge in [-0.2, -0.15) is 11.8 Å². The lowest BCUT2D eigenvalue weighted by Gasteiger charge is -2.23. The molecule has 1 fully saturated rings. The lowest BCUT2D eigenvalue weighted by atomic mass is 9.97. The molecule has 3 N–H and O–H groups in total. The van der Waals surface area contributed by atoms with Gasteiger partial charge < -0.3 is 15.3 Å². The highest BCUT2D eigenvalue weighted by Crippen LogP contribution is 2.39. The van der Waals surface area contributed by atoms with Crippen molar-refractivity contribution in [2.45, 2.75) is 88.1 Å². The molecule has 28 heavy (non-hydrogen) atoms. The highest BCUT2D eigenvalue weighted by molar-refractivity contribution is 7.99. The first-order chi connectivity index (χ1) is 13.6. The minimum atomic E-state index is -0.718. The molecule has 0 aliphatic heterocycles. The predicted octanol–water partition coefficient (Wildman–Crippen LogP) is 4.67. The number of carboxylic acids is 1. The standard InChI is InChI=1S/C23H36O4S/c24-19(12-8-11-18-9-4-3-5-10-18)17-28-22-16-15-21(25)20(22)13-6-1-2-7-14-23(26)27/h3-5,9-10,19-22,24-25H,1-2,6-8,11-17H2,(H,26,27). The van der Waals surface area contributed by atoms with Crippen molar-refractivity contribution in [1.29, 1.82) is 0 Å². The molecular formula is C23H36O4S. The van der Waals surface area contributed by atoms with Crippen molar-refractivity contribution >= 4 is 17.7 Å². The molecule has 4 unspecified atom stereocenters. The van der Waals surface area contributed by atoms with Crippen LogP contribution in [0.4, 0.5) is 0 Å². The van der Waals surface area contributed by atoms with Crippen molar-refractivity contribution in [2.75, 3.05) is 5.75 Å². The first kappa shape index (κ1) is 23.2. The van der Waals surface area contributed by atoms with Gasteiger partial charge >= 0.3 is 5.97 Å². The SMILES string of the molecule is O=C(O)CCCCCCC1C(O)CCC1SCC(O)CCCc1ccccc1. The summed E-state index contributed by atoms with van der Waals surface area (Å²) in [7, 11) is 0. The highest BCUT2D eigenvalue weighted by Gasteiger charge is 2.34. The second-order valence-corrected chi connectivity index (χ2v) is 9.33. The highest BCUT2D eigenvalue weighted by atomic mass is 32.2. The van der Waals surface area contributed by atoms with Crippen molar-refractivity contribution < 1.29 is 20.1 Å². The van der Waals surface area contributed by atoms with E-state index in [0.29, 0.717) is 11.2 Å².